The van der Waals surface area contributed by atoms with E-state index in [0.29, 0.717) is 6.54 Å². The van der Waals surface area contributed by atoms with Crippen LogP contribution in [0.4, 0.5) is 0 Å². The summed E-state index contributed by atoms with van der Waals surface area (Å²) in [5.74, 6) is -0.984. The maximum atomic E-state index is 12.3. The first-order chi connectivity index (χ1) is 8.82. The minimum atomic E-state index is -1.29. The molecule has 1 heterocycles. The first kappa shape index (κ1) is 14.4. The molecule has 1 N–H and O–H groups in total. The third kappa shape index (κ3) is 2.78. The van der Waals surface area contributed by atoms with Crippen LogP contribution in [-0.4, -0.2) is 37.3 Å². The number of hydrogen-bond donors (Lipinski definition) is 1. The molecule has 0 unspecified atom stereocenters. The molecule has 0 aliphatic carbocycles. The second-order valence-corrected chi connectivity index (χ2v) is 7.95. The van der Waals surface area contributed by atoms with Gasteiger partial charge < -0.3 is 9.66 Å². The van der Waals surface area contributed by atoms with Crippen LogP contribution in [-0.2, 0) is 16.2 Å². The van der Waals surface area contributed by atoms with Crippen LogP contribution in [0.1, 0.15) is 32.3 Å². The Morgan fingerprint density at radius 1 is 1.37 bits per heavy atom. The second kappa shape index (κ2) is 5.15. The average molecular weight is 281 g/mol. The number of rotatable bonds is 3. The van der Waals surface area contributed by atoms with Crippen LogP contribution in [0.3, 0.4) is 0 Å². The van der Waals surface area contributed by atoms with Gasteiger partial charge in [0.25, 0.3) is 0 Å². The molecule has 1 aliphatic rings. The smallest absolute Gasteiger partial charge is 0.326 e. The average Bonchev–Trinajstić information content (AvgIpc) is 2.27. The zero-order valence-electron chi connectivity index (χ0n) is 11.4. The molecule has 4 nitrogen and oxygen atoms in total. The lowest BCUT2D eigenvalue weighted by molar-refractivity contribution is -0.146. The summed E-state index contributed by atoms with van der Waals surface area (Å²) in [4.78, 5) is 11.4. The predicted molar refractivity (Wildman–Crippen MR) is 75.2 cm³/mol. The SMILES string of the molecule is CC(C)(C)[S@@+]([O-])N1C[C@@H](c2ccccc2)[C@@H]1C(=O)O. The van der Waals surface area contributed by atoms with Crippen molar-refractivity contribution in [3.05, 3.63) is 35.9 Å². The highest BCUT2D eigenvalue weighted by molar-refractivity contribution is 7.90. The molecule has 1 saturated heterocycles. The van der Waals surface area contributed by atoms with Crippen molar-refractivity contribution in [3.63, 3.8) is 0 Å². The van der Waals surface area contributed by atoms with Crippen LogP contribution in [0.2, 0.25) is 0 Å². The Hall–Kier alpha value is -1.04. The molecule has 0 aromatic heterocycles. The van der Waals surface area contributed by atoms with E-state index in [1.54, 1.807) is 4.31 Å². The van der Waals surface area contributed by atoms with Crippen molar-refractivity contribution < 1.29 is 14.5 Å². The number of carboxylic acid groups (broad SMARTS) is 1. The number of hydrogen-bond acceptors (Lipinski definition) is 3. The van der Waals surface area contributed by atoms with Gasteiger partial charge in [-0.1, -0.05) is 30.3 Å². The van der Waals surface area contributed by atoms with E-state index in [1.807, 2.05) is 51.1 Å². The normalized spacial score (nSPS) is 25.7. The van der Waals surface area contributed by atoms with Crippen LogP contribution in [0.5, 0.6) is 0 Å². The molecule has 3 atom stereocenters. The molecule has 2 rings (SSSR count). The van der Waals surface area contributed by atoms with Gasteiger partial charge in [0, 0.05) is 17.3 Å². The molecular weight excluding hydrogens is 262 g/mol. The Morgan fingerprint density at radius 2 is 1.95 bits per heavy atom. The van der Waals surface area contributed by atoms with E-state index in [2.05, 4.69) is 0 Å². The number of aliphatic carboxylic acids is 1. The van der Waals surface area contributed by atoms with Crippen LogP contribution >= 0.6 is 0 Å². The van der Waals surface area contributed by atoms with Gasteiger partial charge in [-0.05, 0) is 26.3 Å². The van der Waals surface area contributed by atoms with E-state index in [1.165, 1.54) is 0 Å². The van der Waals surface area contributed by atoms with Crippen molar-refractivity contribution in [3.8, 4) is 0 Å². The number of nitrogens with zero attached hydrogens (tertiary/aromatic N) is 1. The summed E-state index contributed by atoms with van der Waals surface area (Å²) in [6, 6.07) is 8.87. The van der Waals surface area contributed by atoms with E-state index in [9.17, 15) is 14.5 Å². The summed E-state index contributed by atoms with van der Waals surface area (Å²) in [7, 11) is 0. The third-order valence-corrected chi connectivity index (χ3v) is 5.14. The maximum absolute atomic E-state index is 12.3. The largest absolute Gasteiger partial charge is 0.597 e. The zero-order valence-corrected chi connectivity index (χ0v) is 12.2. The van der Waals surface area contributed by atoms with Gasteiger partial charge >= 0.3 is 5.97 Å². The highest BCUT2D eigenvalue weighted by Crippen LogP contribution is 2.39. The maximum Gasteiger partial charge on any atom is 0.326 e. The number of carbonyl (C=O) groups is 1. The molecule has 0 bridgehead atoms. The van der Waals surface area contributed by atoms with Crippen LogP contribution < -0.4 is 0 Å². The fourth-order valence-electron chi connectivity index (χ4n) is 2.28. The molecule has 0 saturated carbocycles. The summed E-state index contributed by atoms with van der Waals surface area (Å²) in [6.07, 6.45) is 0. The van der Waals surface area contributed by atoms with Crippen molar-refractivity contribution in [1.29, 1.82) is 0 Å². The van der Waals surface area contributed by atoms with Gasteiger partial charge in [-0.3, -0.25) is 4.79 Å². The molecule has 1 aromatic carbocycles. The van der Waals surface area contributed by atoms with Crippen molar-refractivity contribution >= 4 is 17.3 Å². The van der Waals surface area contributed by atoms with Crippen molar-refractivity contribution in [2.75, 3.05) is 6.54 Å². The van der Waals surface area contributed by atoms with E-state index >= 15 is 0 Å². The van der Waals surface area contributed by atoms with Crippen molar-refractivity contribution in [2.24, 2.45) is 0 Å². The number of carboxylic acids is 1. The molecule has 1 aliphatic heterocycles. The predicted octanol–water partition coefficient (Wildman–Crippen LogP) is 2.00. The lowest BCUT2D eigenvalue weighted by Gasteiger charge is -2.47. The zero-order chi connectivity index (χ0) is 14.2. The Morgan fingerprint density at radius 3 is 2.42 bits per heavy atom. The Balaban J connectivity index is 2.18. The van der Waals surface area contributed by atoms with Crippen molar-refractivity contribution in [2.45, 2.75) is 37.5 Å². The summed E-state index contributed by atoms with van der Waals surface area (Å²) >= 11 is -1.29. The monoisotopic (exact) mass is 281 g/mol. The quantitative estimate of drug-likeness (QED) is 0.861. The lowest BCUT2D eigenvalue weighted by atomic mass is 9.85. The minimum absolute atomic E-state index is 0.0787. The highest BCUT2D eigenvalue weighted by atomic mass is 32.2. The van der Waals surface area contributed by atoms with E-state index in [0.717, 1.165) is 5.56 Å². The summed E-state index contributed by atoms with van der Waals surface area (Å²) < 4.78 is 13.5. The van der Waals surface area contributed by atoms with Crippen LogP contribution in [0.15, 0.2) is 30.3 Å². The van der Waals surface area contributed by atoms with E-state index in [4.69, 9.17) is 0 Å². The Labute approximate surface area is 116 Å². The fraction of sp³-hybridized carbons (Fsp3) is 0.500. The molecule has 5 heteroatoms. The molecule has 1 fully saturated rings. The minimum Gasteiger partial charge on any atom is -0.597 e. The molecule has 19 heavy (non-hydrogen) atoms. The molecule has 0 spiro atoms. The molecule has 1 aromatic rings. The lowest BCUT2D eigenvalue weighted by Crippen LogP contribution is -2.63. The first-order valence-electron chi connectivity index (χ1n) is 6.29. The molecule has 0 radical (unpaired) electrons. The first-order valence-corrected chi connectivity index (χ1v) is 7.39. The third-order valence-electron chi connectivity index (χ3n) is 3.29. The fourth-order valence-corrected chi connectivity index (χ4v) is 3.72. The summed E-state index contributed by atoms with van der Waals surface area (Å²) in [5, 5.41) is 9.37. The van der Waals surface area contributed by atoms with Gasteiger partial charge in [0.15, 0.2) is 6.04 Å². The van der Waals surface area contributed by atoms with Gasteiger partial charge in [0.2, 0.25) is 0 Å². The van der Waals surface area contributed by atoms with Crippen molar-refractivity contribution in [1.82, 2.24) is 4.31 Å². The van der Waals surface area contributed by atoms with Gasteiger partial charge in [-0.15, -0.1) is 4.31 Å². The van der Waals surface area contributed by atoms with Gasteiger partial charge in [-0.25, -0.2) is 0 Å². The van der Waals surface area contributed by atoms with Crippen LogP contribution in [0.25, 0.3) is 0 Å². The van der Waals surface area contributed by atoms with Gasteiger partial charge in [0.1, 0.15) is 4.75 Å². The van der Waals surface area contributed by atoms with E-state index < -0.39 is 28.1 Å². The topological polar surface area (TPSA) is 63.6 Å². The standard InChI is InChI=1S/C14H19NO3S/c1-14(2,3)19(18)15-9-11(12(15)13(16)17)10-7-5-4-6-8-10/h4-8,11-12H,9H2,1-3H3,(H,16,17)/t11-,12+,19+/m0/s1. The van der Waals surface area contributed by atoms with Gasteiger partial charge in [-0.2, -0.15) is 0 Å². The highest BCUT2D eigenvalue weighted by Gasteiger charge is 2.53. The molecule has 0 amide bonds. The molecular formula is C14H19NO3S. The van der Waals surface area contributed by atoms with Crippen LogP contribution in [0, 0.1) is 0 Å². The van der Waals surface area contributed by atoms with E-state index in [-0.39, 0.29) is 5.92 Å². The number of benzene rings is 1. The molecule has 104 valence electrons. The Kier molecular flexibility index (Phi) is 3.90. The van der Waals surface area contributed by atoms with Gasteiger partial charge in [0.05, 0.1) is 6.54 Å². The summed E-state index contributed by atoms with van der Waals surface area (Å²) in [5.41, 5.74) is 0.997. The second-order valence-electron chi connectivity index (χ2n) is 5.76. The Bertz CT molecular complexity index is 458. The summed E-state index contributed by atoms with van der Waals surface area (Å²) in [6.45, 7) is 6.11.